The van der Waals surface area contributed by atoms with E-state index in [9.17, 15) is 4.79 Å². The molecule has 4 heterocycles. The summed E-state index contributed by atoms with van der Waals surface area (Å²) >= 11 is 0. The highest BCUT2D eigenvalue weighted by Crippen LogP contribution is 2.30. The molecule has 11 heteroatoms. The normalized spacial score (nSPS) is 11.0. The zero-order valence-corrected chi connectivity index (χ0v) is 18.4. The molecule has 1 amide bonds. The van der Waals surface area contributed by atoms with Crippen LogP contribution in [0.1, 0.15) is 23.0 Å². The van der Waals surface area contributed by atoms with E-state index in [1.54, 1.807) is 61.8 Å². The number of amides is 1. The highest BCUT2D eigenvalue weighted by Gasteiger charge is 2.19. The van der Waals surface area contributed by atoms with E-state index in [0.29, 0.717) is 52.2 Å². The predicted molar refractivity (Wildman–Crippen MR) is 124 cm³/mol. The molecule has 0 atom stereocenters. The Morgan fingerprint density at radius 3 is 2.82 bits per heavy atom. The molecule has 0 bridgehead atoms. The maximum atomic E-state index is 12.6. The van der Waals surface area contributed by atoms with Gasteiger partial charge in [-0.05, 0) is 48.4 Å². The van der Waals surface area contributed by atoms with E-state index in [2.05, 4.69) is 30.6 Å². The first-order valence-corrected chi connectivity index (χ1v) is 10.5. The van der Waals surface area contributed by atoms with Crippen molar-refractivity contribution in [3.63, 3.8) is 0 Å². The van der Waals surface area contributed by atoms with Crippen molar-refractivity contribution in [2.24, 2.45) is 0 Å². The Morgan fingerprint density at radius 1 is 1.18 bits per heavy atom. The van der Waals surface area contributed by atoms with Crippen LogP contribution in [0.2, 0.25) is 0 Å². The molecule has 170 valence electrons. The van der Waals surface area contributed by atoms with Gasteiger partial charge in [0.2, 0.25) is 5.88 Å². The Kier molecular flexibility index (Phi) is 5.34. The Hall–Kier alpha value is -4.80. The number of carbonyl (C=O) groups is 1. The zero-order chi connectivity index (χ0) is 23.7. The summed E-state index contributed by atoms with van der Waals surface area (Å²) in [7, 11) is 0. The fourth-order valence-electron chi connectivity index (χ4n) is 3.60. The molecule has 3 N–H and O–H groups in total. The SMILES string of the molecule is CCn1c(-c2nonc2N)nc2cnc(Oc3cccc(NC(=O)c4cccnc4C)c3)cc21. The molecule has 0 aliphatic heterocycles. The molecular formula is C23H20N8O3. The number of nitrogen functional groups attached to an aromatic ring is 1. The number of aryl methyl sites for hydroxylation is 2. The van der Waals surface area contributed by atoms with Gasteiger partial charge in [-0.2, -0.15) is 0 Å². The molecule has 0 aliphatic rings. The van der Waals surface area contributed by atoms with E-state index in [1.165, 1.54) is 0 Å². The number of imidazole rings is 1. The number of nitrogens with one attached hydrogen (secondary N) is 1. The predicted octanol–water partition coefficient (Wildman–Crippen LogP) is 3.83. The van der Waals surface area contributed by atoms with Crippen LogP contribution in [-0.2, 0) is 6.54 Å². The Balaban J connectivity index is 1.41. The summed E-state index contributed by atoms with van der Waals surface area (Å²) in [6.07, 6.45) is 3.26. The average Bonchev–Trinajstić information content (AvgIpc) is 3.41. The van der Waals surface area contributed by atoms with Gasteiger partial charge in [0, 0.05) is 36.3 Å². The van der Waals surface area contributed by atoms with Crippen LogP contribution in [0.4, 0.5) is 11.5 Å². The summed E-state index contributed by atoms with van der Waals surface area (Å²) < 4.78 is 12.6. The molecule has 4 aromatic heterocycles. The number of anilines is 2. The first-order chi connectivity index (χ1) is 16.5. The minimum Gasteiger partial charge on any atom is -0.439 e. The van der Waals surface area contributed by atoms with Crippen LogP contribution in [0.15, 0.2) is 59.5 Å². The second-order valence-electron chi connectivity index (χ2n) is 7.41. The number of nitrogens with two attached hydrogens (primary N) is 1. The molecule has 34 heavy (non-hydrogen) atoms. The summed E-state index contributed by atoms with van der Waals surface area (Å²) in [5.74, 6) is 1.33. The third-order valence-corrected chi connectivity index (χ3v) is 5.22. The molecule has 0 radical (unpaired) electrons. The lowest BCUT2D eigenvalue weighted by atomic mass is 10.2. The first kappa shape index (κ1) is 21.1. The van der Waals surface area contributed by atoms with E-state index in [0.717, 1.165) is 5.52 Å². The first-order valence-electron chi connectivity index (χ1n) is 10.5. The third-order valence-electron chi connectivity index (χ3n) is 5.22. The highest BCUT2D eigenvalue weighted by atomic mass is 16.6. The number of ether oxygens (including phenoxy) is 1. The third kappa shape index (κ3) is 3.90. The minimum atomic E-state index is -0.247. The van der Waals surface area contributed by atoms with E-state index in [1.807, 2.05) is 11.5 Å². The molecule has 1 aromatic carbocycles. The minimum absolute atomic E-state index is 0.162. The van der Waals surface area contributed by atoms with Gasteiger partial charge in [0.25, 0.3) is 5.91 Å². The van der Waals surface area contributed by atoms with Crippen molar-refractivity contribution >= 4 is 28.4 Å². The summed E-state index contributed by atoms with van der Waals surface area (Å²) in [4.78, 5) is 25.7. The monoisotopic (exact) mass is 456 g/mol. The summed E-state index contributed by atoms with van der Waals surface area (Å²) in [5, 5.41) is 10.4. The van der Waals surface area contributed by atoms with Crippen LogP contribution in [0.3, 0.4) is 0 Å². The summed E-state index contributed by atoms with van der Waals surface area (Å²) in [6, 6.07) is 12.3. The van der Waals surface area contributed by atoms with Crippen molar-refractivity contribution in [3.05, 3.63) is 66.1 Å². The number of nitrogens with zero attached hydrogens (tertiary/aromatic N) is 6. The Bertz CT molecular complexity index is 1510. The second-order valence-corrected chi connectivity index (χ2v) is 7.41. The van der Waals surface area contributed by atoms with E-state index in [-0.39, 0.29) is 11.7 Å². The van der Waals surface area contributed by atoms with E-state index < -0.39 is 0 Å². The van der Waals surface area contributed by atoms with E-state index in [4.69, 9.17) is 15.1 Å². The molecule has 5 aromatic rings. The smallest absolute Gasteiger partial charge is 0.257 e. The molecule has 11 nitrogen and oxygen atoms in total. The van der Waals surface area contributed by atoms with Crippen molar-refractivity contribution in [3.8, 4) is 23.1 Å². The Morgan fingerprint density at radius 2 is 2.06 bits per heavy atom. The van der Waals surface area contributed by atoms with Crippen LogP contribution in [0, 0.1) is 6.92 Å². The summed E-state index contributed by atoms with van der Waals surface area (Å²) in [6.45, 7) is 4.37. The van der Waals surface area contributed by atoms with Gasteiger partial charge in [-0.25, -0.2) is 14.6 Å². The van der Waals surface area contributed by atoms with Gasteiger partial charge in [-0.1, -0.05) is 6.07 Å². The molecule has 0 saturated heterocycles. The molecule has 0 unspecified atom stereocenters. The molecule has 0 aliphatic carbocycles. The molecular weight excluding hydrogens is 436 g/mol. The van der Waals surface area contributed by atoms with Gasteiger partial charge in [-0.15, -0.1) is 0 Å². The fraction of sp³-hybridized carbons (Fsp3) is 0.130. The number of hydrogen-bond donors (Lipinski definition) is 2. The number of rotatable bonds is 6. The number of pyridine rings is 2. The Labute approximate surface area is 193 Å². The lowest BCUT2D eigenvalue weighted by Gasteiger charge is -2.10. The van der Waals surface area contributed by atoms with Gasteiger partial charge in [-0.3, -0.25) is 9.78 Å². The summed E-state index contributed by atoms with van der Waals surface area (Å²) in [5.41, 5.74) is 9.41. The largest absolute Gasteiger partial charge is 0.439 e. The standard InChI is InChI=1S/C23H20N8O3/c1-3-31-18-11-19(26-12-17(18)28-22(31)20-21(24)30-34-29-20)33-15-7-4-6-14(10-15)27-23(32)16-8-5-9-25-13(16)2/h4-12H,3H2,1-2H3,(H2,24,30)(H,27,32). The maximum absolute atomic E-state index is 12.6. The fourth-order valence-corrected chi connectivity index (χ4v) is 3.60. The van der Waals surface area contributed by atoms with Crippen molar-refractivity contribution in [1.29, 1.82) is 0 Å². The van der Waals surface area contributed by atoms with Crippen molar-refractivity contribution < 1.29 is 14.2 Å². The van der Waals surface area contributed by atoms with E-state index >= 15 is 0 Å². The highest BCUT2D eigenvalue weighted by molar-refractivity contribution is 6.05. The molecule has 0 fully saturated rings. The van der Waals surface area contributed by atoms with Crippen molar-refractivity contribution in [2.45, 2.75) is 20.4 Å². The van der Waals surface area contributed by atoms with Crippen LogP contribution < -0.4 is 15.8 Å². The van der Waals surface area contributed by atoms with Crippen molar-refractivity contribution in [1.82, 2.24) is 29.8 Å². The number of carbonyl (C=O) groups excluding carboxylic acids is 1. The number of aromatic nitrogens is 6. The quantitative estimate of drug-likeness (QED) is 0.389. The topological polar surface area (TPSA) is 147 Å². The van der Waals surface area contributed by atoms with Gasteiger partial charge in [0.1, 0.15) is 11.3 Å². The zero-order valence-electron chi connectivity index (χ0n) is 18.4. The van der Waals surface area contributed by atoms with Crippen LogP contribution in [0.25, 0.3) is 22.6 Å². The second kappa shape index (κ2) is 8.62. The van der Waals surface area contributed by atoms with Gasteiger partial charge < -0.3 is 20.4 Å². The number of benzene rings is 1. The molecule has 0 spiro atoms. The lowest BCUT2D eigenvalue weighted by molar-refractivity contribution is 0.102. The van der Waals surface area contributed by atoms with Crippen molar-refractivity contribution in [2.75, 3.05) is 11.1 Å². The number of hydrogen-bond acceptors (Lipinski definition) is 9. The van der Waals surface area contributed by atoms with Crippen LogP contribution >= 0.6 is 0 Å². The molecule has 0 saturated carbocycles. The van der Waals surface area contributed by atoms with Crippen LogP contribution in [-0.4, -0.2) is 35.7 Å². The maximum Gasteiger partial charge on any atom is 0.257 e. The van der Waals surface area contributed by atoms with Crippen LogP contribution in [0.5, 0.6) is 11.6 Å². The molecule has 5 rings (SSSR count). The van der Waals surface area contributed by atoms with Gasteiger partial charge in [0.05, 0.1) is 17.3 Å². The number of fused-ring (bicyclic) bond motifs is 1. The lowest BCUT2D eigenvalue weighted by Crippen LogP contribution is -2.13. The van der Waals surface area contributed by atoms with Gasteiger partial charge in [0.15, 0.2) is 17.3 Å². The van der Waals surface area contributed by atoms with Gasteiger partial charge >= 0.3 is 0 Å². The average molecular weight is 456 g/mol.